The second-order valence-corrected chi connectivity index (χ2v) is 7.71. The highest BCUT2D eigenvalue weighted by molar-refractivity contribution is 5.91. The molecular weight excluding hydrogens is 433 g/mol. The third-order valence-electron chi connectivity index (χ3n) is 5.19. The maximum atomic E-state index is 12.8. The van der Waals surface area contributed by atoms with Crippen molar-refractivity contribution in [3.63, 3.8) is 0 Å². The summed E-state index contributed by atoms with van der Waals surface area (Å²) in [5.41, 5.74) is -0.0903. The minimum atomic E-state index is -5.08. The van der Waals surface area contributed by atoms with Crippen LogP contribution in [0.15, 0.2) is 35.0 Å². The average Bonchev–Trinajstić information content (AvgIpc) is 3.30. The van der Waals surface area contributed by atoms with Crippen molar-refractivity contribution in [1.82, 2.24) is 14.9 Å². The van der Waals surface area contributed by atoms with Crippen LogP contribution in [-0.2, 0) is 9.53 Å². The summed E-state index contributed by atoms with van der Waals surface area (Å²) in [6.45, 7) is 5.95. The van der Waals surface area contributed by atoms with E-state index in [1.54, 1.807) is 18.5 Å². The number of ether oxygens (including phenoxy) is 1. The van der Waals surface area contributed by atoms with E-state index in [0.29, 0.717) is 32.1 Å². The molecule has 9 nitrogen and oxygen atoms in total. The lowest BCUT2D eigenvalue weighted by Gasteiger charge is -2.31. The number of furan rings is 1. The van der Waals surface area contributed by atoms with Crippen molar-refractivity contribution in [1.29, 1.82) is 0 Å². The van der Waals surface area contributed by atoms with Crippen LogP contribution in [0, 0.1) is 12.3 Å². The Morgan fingerprint density at radius 2 is 1.84 bits per heavy atom. The van der Waals surface area contributed by atoms with Crippen molar-refractivity contribution in [3.8, 4) is 0 Å². The molecule has 0 aliphatic carbocycles. The lowest BCUT2D eigenvalue weighted by Crippen LogP contribution is -2.43. The summed E-state index contributed by atoms with van der Waals surface area (Å²) in [6.07, 6.45) is -0.621. The standard InChI is InChI=1S/C18H22N4O3.C2HF3O2/c1-14-3-4-15(25-14)16(23)21-9-10-24-13-18(11-21)5-8-22(12-18)17-19-6-2-7-20-17;3-2(4,5)1(6)7/h2-4,6-7H,5,8-13H2,1H3;(H,6,7). The molecule has 0 bridgehead atoms. The van der Waals surface area contributed by atoms with Crippen LogP contribution in [0.25, 0.3) is 0 Å². The molecule has 32 heavy (non-hydrogen) atoms. The Balaban J connectivity index is 0.000000360. The van der Waals surface area contributed by atoms with E-state index < -0.39 is 12.1 Å². The van der Waals surface area contributed by atoms with Crippen molar-refractivity contribution < 1.29 is 37.0 Å². The molecule has 2 aliphatic rings. The minimum absolute atomic E-state index is 0.0626. The minimum Gasteiger partial charge on any atom is -0.475 e. The number of carbonyl (C=O) groups is 2. The first-order valence-corrected chi connectivity index (χ1v) is 9.85. The van der Waals surface area contributed by atoms with Gasteiger partial charge < -0.3 is 24.1 Å². The zero-order valence-electron chi connectivity index (χ0n) is 17.3. The zero-order valence-corrected chi connectivity index (χ0v) is 17.3. The summed E-state index contributed by atoms with van der Waals surface area (Å²) in [5, 5.41) is 7.12. The lowest BCUT2D eigenvalue weighted by atomic mass is 9.87. The molecule has 2 fully saturated rings. The van der Waals surface area contributed by atoms with Crippen LogP contribution in [-0.4, -0.2) is 77.4 Å². The molecule has 2 saturated heterocycles. The molecule has 2 aromatic heterocycles. The van der Waals surface area contributed by atoms with E-state index >= 15 is 0 Å². The summed E-state index contributed by atoms with van der Waals surface area (Å²) in [7, 11) is 0. The Kier molecular flexibility index (Phi) is 7.02. The van der Waals surface area contributed by atoms with Crippen LogP contribution in [0.3, 0.4) is 0 Å². The van der Waals surface area contributed by atoms with Crippen molar-refractivity contribution in [3.05, 3.63) is 42.1 Å². The number of rotatable bonds is 2. The molecule has 2 aliphatic heterocycles. The van der Waals surface area contributed by atoms with E-state index in [4.69, 9.17) is 19.1 Å². The second-order valence-electron chi connectivity index (χ2n) is 7.71. The Hall–Kier alpha value is -3.15. The number of nitrogens with zero attached hydrogens (tertiary/aromatic N) is 4. The van der Waals surface area contributed by atoms with Crippen LogP contribution in [0.4, 0.5) is 19.1 Å². The summed E-state index contributed by atoms with van der Waals surface area (Å²) in [4.78, 5) is 34.4. The number of aryl methyl sites for hydroxylation is 1. The van der Waals surface area contributed by atoms with E-state index in [-0.39, 0.29) is 11.3 Å². The fraction of sp³-hybridized carbons (Fsp3) is 0.500. The average molecular weight is 456 g/mol. The van der Waals surface area contributed by atoms with E-state index in [0.717, 1.165) is 31.2 Å². The molecule has 1 unspecified atom stereocenters. The maximum absolute atomic E-state index is 12.8. The highest BCUT2D eigenvalue weighted by Crippen LogP contribution is 2.35. The predicted molar refractivity (Wildman–Crippen MR) is 105 cm³/mol. The first-order valence-electron chi connectivity index (χ1n) is 9.85. The summed E-state index contributed by atoms with van der Waals surface area (Å²) < 4.78 is 43.1. The first-order chi connectivity index (χ1) is 15.1. The van der Waals surface area contributed by atoms with E-state index in [2.05, 4.69) is 14.9 Å². The number of anilines is 1. The smallest absolute Gasteiger partial charge is 0.475 e. The monoisotopic (exact) mass is 456 g/mol. The van der Waals surface area contributed by atoms with Crippen molar-refractivity contribution in [2.24, 2.45) is 5.41 Å². The first kappa shape index (κ1) is 23.5. The van der Waals surface area contributed by atoms with Crippen LogP contribution in [0.2, 0.25) is 0 Å². The molecule has 0 aromatic carbocycles. The van der Waals surface area contributed by atoms with Crippen molar-refractivity contribution >= 4 is 17.8 Å². The number of carbonyl (C=O) groups excluding carboxylic acids is 1. The van der Waals surface area contributed by atoms with E-state index in [1.807, 2.05) is 24.0 Å². The molecule has 1 N–H and O–H groups in total. The van der Waals surface area contributed by atoms with Gasteiger partial charge in [-0.05, 0) is 31.5 Å². The van der Waals surface area contributed by atoms with Gasteiger partial charge in [-0.25, -0.2) is 14.8 Å². The highest BCUT2D eigenvalue weighted by atomic mass is 19.4. The van der Waals surface area contributed by atoms with Gasteiger partial charge in [0.15, 0.2) is 5.76 Å². The highest BCUT2D eigenvalue weighted by Gasteiger charge is 2.43. The van der Waals surface area contributed by atoms with Crippen LogP contribution >= 0.6 is 0 Å². The summed E-state index contributed by atoms with van der Waals surface area (Å²) >= 11 is 0. The number of carboxylic acids is 1. The van der Waals surface area contributed by atoms with Crippen LogP contribution in [0.5, 0.6) is 0 Å². The molecule has 2 aromatic rings. The van der Waals surface area contributed by atoms with Gasteiger partial charge >= 0.3 is 12.1 Å². The molecule has 4 rings (SSSR count). The fourth-order valence-electron chi connectivity index (χ4n) is 3.68. The quantitative estimate of drug-likeness (QED) is 0.734. The number of hydrogen-bond donors (Lipinski definition) is 1. The number of hydrogen-bond acceptors (Lipinski definition) is 7. The predicted octanol–water partition coefficient (Wildman–Crippen LogP) is 2.38. The maximum Gasteiger partial charge on any atom is 0.490 e. The van der Waals surface area contributed by atoms with E-state index in [9.17, 15) is 18.0 Å². The van der Waals surface area contributed by atoms with Gasteiger partial charge in [0.1, 0.15) is 5.76 Å². The number of alkyl halides is 3. The van der Waals surface area contributed by atoms with Crippen LogP contribution in [0.1, 0.15) is 22.7 Å². The zero-order chi connectivity index (χ0) is 23.4. The third kappa shape index (κ3) is 5.75. The van der Waals surface area contributed by atoms with Gasteiger partial charge in [-0.2, -0.15) is 13.2 Å². The molecule has 12 heteroatoms. The Labute approximate surface area is 181 Å². The molecule has 1 atom stereocenters. The lowest BCUT2D eigenvalue weighted by molar-refractivity contribution is -0.192. The number of halogens is 3. The number of amides is 1. The summed E-state index contributed by atoms with van der Waals surface area (Å²) in [6, 6.07) is 5.38. The van der Waals surface area contributed by atoms with Gasteiger partial charge in [-0.1, -0.05) is 0 Å². The topological polar surface area (TPSA) is 109 Å². The van der Waals surface area contributed by atoms with Crippen molar-refractivity contribution in [2.45, 2.75) is 19.5 Å². The largest absolute Gasteiger partial charge is 0.490 e. The van der Waals surface area contributed by atoms with Crippen molar-refractivity contribution in [2.75, 3.05) is 44.3 Å². The van der Waals surface area contributed by atoms with Gasteiger partial charge in [0.25, 0.3) is 5.91 Å². The molecule has 174 valence electrons. The van der Waals surface area contributed by atoms with Gasteiger partial charge in [-0.3, -0.25) is 4.79 Å². The number of aliphatic carboxylic acids is 1. The Bertz CT molecular complexity index is 937. The summed E-state index contributed by atoms with van der Waals surface area (Å²) in [5.74, 6) is -0.934. The van der Waals surface area contributed by atoms with E-state index in [1.165, 1.54) is 0 Å². The second kappa shape index (κ2) is 9.55. The Morgan fingerprint density at radius 3 is 2.44 bits per heavy atom. The normalized spacial score (nSPS) is 21.1. The molecular formula is C20H23F3N4O5. The molecule has 4 heterocycles. The SMILES string of the molecule is Cc1ccc(C(=O)N2CCOCC3(CCN(c4ncccn4)C3)C2)o1.O=C(O)C(F)(F)F. The van der Waals surface area contributed by atoms with Gasteiger partial charge in [0.2, 0.25) is 5.95 Å². The number of aromatic nitrogens is 2. The molecule has 1 spiro atoms. The Morgan fingerprint density at radius 1 is 1.16 bits per heavy atom. The van der Waals surface area contributed by atoms with Gasteiger partial charge in [-0.15, -0.1) is 0 Å². The fourth-order valence-corrected chi connectivity index (χ4v) is 3.68. The third-order valence-corrected chi connectivity index (χ3v) is 5.19. The molecule has 0 radical (unpaired) electrons. The molecule has 0 saturated carbocycles. The van der Waals surface area contributed by atoms with Gasteiger partial charge in [0, 0.05) is 44.0 Å². The number of carboxylic acid groups (broad SMARTS) is 1. The van der Waals surface area contributed by atoms with Gasteiger partial charge in [0.05, 0.1) is 13.2 Å². The molecule has 1 amide bonds. The van der Waals surface area contributed by atoms with Crippen LogP contribution < -0.4 is 4.90 Å².